The molecule has 2 amide bonds. The van der Waals surface area contributed by atoms with Crippen molar-refractivity contribution in [2.75, 3.05) is 5.01 Å². The Labute approximate surface area is 518 Å². The van der Waals surface area contributed by atoms with Gasteiger partial charge in [0.2, 0.25) is 40.8 Å². The van der Waals surface area contributed by atoms with Gasteiger partial charge in [0.05, 0.1) is 11.9 Å². The van der Waals surface area contributed by atoms with Gasteiger partial charge in [-0.1, -0.05) is 24.3 Å². The molecule has 4 heterocycles. The van der Waals surface area contributed by atoms with Gasteiger partial charge in [-0.3, -0.25) is 0 Å². The number of phenolic OH excluding ortho intramolecular Hbond substituents is 1. The molecule has 0 saturated carbocycles. The minimum Gasteiger partial charge on any atom is -1.00 e. The van der Waals surface area contributed by atoms with E-state index in [0.29, 0.717) is 12.1 Å². The lowest BCUT2D eigenvalue weighted by atomic mass is 10.1. The van der Waals surface area contributed by atoms with Gasteiger partial charge < -0.3 is 37.4 Å². The lowest BCUT2D eigenvalue weighted by Gasteiger charge is -2.29. The average molecular weight is 1370 g/mol. The van der Waals surface area contributed by atoms with Crippen LogP contribution in [0.5, 0.6) is 40.6 Å². The molecule has 4 N–H and O–H groups in total. The molecule has 0 saturated heterocycles. The first-order valence-electron chi connectivity index (χ1n) is 25.8. The molecule has 0 aliphatic heterocycles. The van der Waals surface area contributed by atoms with E-state index >= 15 is 0 Å². The van der Waals surface area contributed by atoms with Crippen molar-refractivity contribution in [3.8, 4) is 40.6 Å². The molecular formula is C59H61Br2ClF9N7O8-2. The van der Waals surface area contributed by atoms with Gasteiger partial charge in [0.25, 0.3) is 0 Å². The van der Waals surface area contributed by atoms with Crippen LogP contribution in [0.4, 0.5) is 54.8 Å². The van der Waals surface area contributed by atoms with E-state index in [9.17, 15) is 49.1 Å². The smallest absolute Gasteiger partial charge is 0.434 e. The van der Waals surface area contributed by atoms with Crippen LogP contribution in [0.3, 0.4) is 0 Å². The summed E-state index contributed by atoms with van der Waals surface area (Å²) in [5, 5.41) is 9.30. The number of carbonyl (C=O) groups excluding carboxylic acids is 2. The third-order valence-corrected chi connectivity index (χ3v) is 11.9. The minimum absolute atomic E-state index is 0. The predicted octanol–water partition coefficient (Wildman–Crippen LogP) is 17.6. The molecule has 0 radical (unpaired) electrons. The van der Waals surface area contributed by atoms with Gasteiger partial charge >= 0.3 is 12.2 Å². The molecule has 4 aromatic heterocycles. The van der Waals surface area contributed by atoms with Gasteiger partial charge in [0.1, 0.15) is 11.2 Å². The van der Waals surface area contributed by atoms with Crippen molar-refractivity contribution in [3.05, 3.63) is 211 Å². The van der Waals surface area contributed by atoms with Crippen LogP contribution in [0.2, 0.25) is 0 Å². The fraction of sp³-hybridized carbons (Fsp3) is 0.220. The second-order valence-corrected chi connectivity index (χ2v) is 21.2. The van der Waals surface area contributed by atoms with E-state index in [1.54, 1.807) is 60.6 Å². The third kappa shape index (κ3) is 23.0. The average Bonchev–Trinajstić information content (AvgIpc) is 1.25. The van der Waals surface area contributed by atoms with Crippen LogP contribution < -0.4 is 30.4 Å². The summed E-state index contributed by atoms with van der Waals surface area (Å²) in [6.07, 6.45) is 3.92. The number of pyridine rings is 4. The molecule has 0 atom stereocenters. The monoisotopic (exact) mass is 1370 g/mol. The number of halogens is 12. The Morgan fingerprint density at radius 3 is 1.24 bits per heavy atom. The highest BCUT2D eigenvalue weighted by Gasteiger charge is 2.29. The Bertz CT molecular complexity index is 3550. The Balaban J connectivity index is 0.00000117. The van der Waals surface area contributed by atoms with Crippen LogP contribution in [0.25, 0.3) is 0 Å². The number of ether oxygens (including phenoxy) is 5. The third-order valence-electron chi connectivity index (χ3n) is 10.2. The van der Waals surface area contributed by atoms with Crippen molar-refractivity contribution in [1.82, 2.24) is 25.4 Å². The van der Waals surface area contributed by atoms with Crippen LogP contribution >= 0.6 is 44.3 Å². The molecule has 86 heavy (non-hydrogen) atoms. The summed E-state index contributed by atoms with van der Waals surface area (Å²) in [5.41, 5.74) is 10.2. The molecular weight excluding hydrogens is 1300 g/mol. The highest BCUT2D eigenvalue weighted by molar-refractivity contribution is 9.10. The number of rotatable bonds is 8. The molecule has 0 aliphatic rings. The number of nitrogens with two attached hydrogens (primary N) is 1. The van der Waals surface area contributed by atoms with Crippen molar-refractivity contribution in [1.29, 1.82) is 0 Å². The van der Waals surface area contributed by atoms with Crippen molar-refractivity contribution in [2.24, 2.45) is 5.73 Å². The van der Waals surface area contributed by atoms with Gasteiger partial charge in [-0.15, -0.1) is 12.4 Å². The summed E-state index contributed by atoms with van der Waals surface area (Å²) in [5.74, 6) is -9.40. The summed E-state index contributed by atoms with van der Waals surface area (Å²) >= 11 is 6.48. The zero-order valence-corrected chi connectivity index (χ0v) is 51.4. The fourth-order valence-electron chi connectivity index (χ4n) is 6.16. The number of aryl methyl sites for hydroxylation is 4. The number of aromatic nitrogens is 4. The Kier molecular flexibility index (Phi) is 26.9. The molecule has 0 spiro atoms. The van der Waals surface area contributed by atoms with Gasteiger partial charge in [-0.25, -0.2) is 70.1 Å². The van der Waals surface area contributed by atoms with Crippen LogP contribution in [-0.4, -0.2) is 48.4 Å². The Hall–Kier alpha value is -8.20. The zero-order valence-electron chi connectivity index (χ0n) is 51.4. The largest absolute Gasteiger partial charge is 1.00 e. The number of hydrogen-bond donors (Lipinski definition) is 3. The molecule has 0 unspecified atom stereocenters. The van der Waals surface area contributed by atoms with Crippen LogP contribution in [0.15, 0.2) is 131 Å². The first kappa shape index (κ1) is 70.3. The van der Waals surface area contributed by atoms with Gasteiger partial charge in [0.15, 0.2) is 52.3 Å². The fourth-order valence-corrected chi connectivity index (χ4v) is 6.60. The molecule has 8 aromatic rings. The van der Waals surface area contributed by atoms with Gasteiger partial charge in [-0.2, -0.15) is 9.40 Å². The summed E-state index contributed by atoms with van der Waals surface area (Å²) < 4.78 is 155. The Morgan fingerprint density at radius 2 is 0.907 bits per heavy atom. The second kappa shape index (κ2) is 32.9. The van der Waals surface area contributed by atoms with Crippen LogP contribution in [-0.2, 0) is 16.0 Å². The number of hydrazine groups is 1. The predicted molar refractivity (Wildman–Crippen MR) is 316 cm³/mol. The second-order valence-electron chi connectivity index (χ2n) is 19.4. The number of benzene rings is 4. The maximum atomic E-state index is 13.9. The molecule has 0 fully saturated rings. The van der Waals surface area contributed by atoms with E-state index in [1.165, 1.54) is 61.2 Å². The molecule has 466 valence electrons. The number of nitrogens with zero attached hydrogens (tertiary/aromatic N) is 5. The van der Waals surface area contributed by atoms with Crippen molar-refractivity contribution in [2.45, 2.75) is 87.0 Å². The number of phenols is 1. The highest BCUT2D eigenvalue weighted by atomic mass is 79.9. The first-order chi connectivity index (χ1) is 40.8. The van der Waals surface area contributed by atoms with Crippen molar-refractivity contribution < 1.29 is 83.7 Å². The molecule has 15 nitrogen and oxygen atoms in total. The van der Waals surface area contributed by atoms with Crippen molar-refractivity contribution in [3.63, 3.8) is 0 Å². The topological polar surface area (TPSA) is 193 Å². The molecule has 27 heteroatoms. The van der Waals surface area contributed by atoms with Crippen LogP contribution in [0, 0.1) is 80.2 Å². The molecule has 8 rings (SSSR count). The Morgan fingerprint density at radius 1 is 0.558 bits per heavy atom. The number of amides is 2. The summed E-state index contributed by atoms with van der Waals surface area (Å²) in [4.78, 5) is 40.3. The number of aromatic hydroxyl groups is 1. The molecule has 0 aliphatic carbocycles. The van der Waals surface area contributed by atoms with Crippen LogP contribution in [0.1, 0.15) is 75.2 Å². The lowest BCUT2D eigenvalue weighted by Crippen LogP contribution is -2.50. The number of carbonyl (C=O) groups is 2. The molecule has 4 aromatic carbocycles. The van der Waals surface area contributed by atoms with Crippen molar-refractivity contribution >= 4 is 62.1 Å². The van der Waals surface area contributed by atoms with E-state index in [4.69, 9.17) is 37.5 Å². The number of para-hydroxylation sites is 4. The first-order valence-corrected chi connectivity index (χ1v) is 26.4. The summed E-state index contributed by atoms with van der Waals surface area (Å²) in [6.45, 7) is 17.4. The summed E-state index contributed by atoms with van der Waals surface area (Å²) in [6, 6.07) is 19.4. The molecule has 0 bridgehead atoms. The van der Waals surface area contributed by atoms with E-state index in [1.807, 2.05) is 20.8 Å². The van der Waals surface area contributed by atoms with Gasteiger partial charge in [-0.05, 0) is 184 Å². The maximum Gasteiger partial charge on any atom is 0.434 e. The van der Waals surface area contributed by atoms with E-state index in [-0.39, 0.29) is 38.6 Å². The summed E-state index contributed by atoms with van der Waals surface area (Å²) in [7, 11) is 0. The number of hydrogen-bond acceptors (Lipinski definition) is 13. The number of anilines is 1. The number of nitrogens with one attached hydrogen (secondary N) is 1. The quantitative estimate of drug-likeness (QED) is 0.0740. The van der Waals surface area contributed by atoms with E-state index < -0.39 is 98.9 Å². The van der Waals surface area contributed by atoms with E-state index in [0.717, 1.165) is 84.7 Å². The minimum atomic E-state index is -0.935. The lowest BCUT2D eigenvalue weighted by molar-refractivity contribution is 0.0425. The standard InChI is InChI=1S/C22H27F2N3O5.C13H12F2N2O.C12H8BrF2NO.C6H5BrFN.C6H4F2O.ClH.H2.2H/c1-13-11-17(30-18-14(23)9-8-10-15(18)24)25-12-16(13)27(20(29)32-22(5,6)7)26-19(28)31-21(2,3)4;1-8-5-12(17-7-9(8)6-16)18-13-10(14)3-2-4-11(13)15;1-7-5-11(16-6-8(7)13)17-12-9(14)3-2-4-10(12)15;1-4-2-6(8)9-3-5(4)7;7-4-2-1-3-5(8)6(4)9;;;;/h8-12H,1-7H3,(H,26,28);2-5,7H,6,16H2,1H3;2-6H,1H3;2-3H,1H3;1-3,9H;2*1H;;/q;;;;;;;2*-1/i;;;;;;1+2T;2*1+2. The van der Waals surface area contributed by atoms with E-state index in [2.05, 4.69) is 57.2 Å². The maximum absolute atomic E-state index is 13.9. The normalized spacial score (nSPS) is 10.6. The van der Waals surface area contributed by atoms with Gasteiger partial charge in [0, 0.05) is 55.2 Å². The zero-order chi connectivity index (χ0) is 65.5. The SMILES string of the molecule is Cc1cc(F)ncc1Br.Cc1cc(Oc2c(F)cccc2F)ncc1Br.Cc1cc(Oc2c(F)cccc2F)ncc1CN.Cc1cc(Oc2c(F)cccc2F)ncc1N(NC(=O)OC(C)(C)C)C(=O)OC(C)(C)C.Cl.Oc1c(F)cccc1F.[3H-].[3H-].[3H][3H]. The highest BCUT2D eigenvalue weighted by Crippen LogP contribution is 2.32.